The lowest BCUT2D eigenvalue weighted by atomic mass is 10.0. The highest BCUT2D eigenvalue weighted by Crippen LogP contribution is 2.21. The number of carbonyl (C=O) groups excluding carboxylic acids is 1. The largest absolute Gasteiger partial charge is 0.305 e. The zero-order chi connectivity index (χ0) is 16.4. The van der Waals surface area contributed by atoms with Gasteiger partial charge in [0.15, 0.2) is 5.82 Å². The third-order valence-electron chi connectivity index (χ3n) is 4.30. The third-order valence-corrected chi connectivity index (χ3v) is 4.30. The Bertz CT molecular complexity index is 847. The molecule has 0 atom stereocenters. The van der Waals surface area contributed by atoms with Crippen LogP contribution in [0.2, 0.25) is 0 Å². The van der Waals surface area contributed by atoms with E-state index in [1.54, 1.807) is 12.4 Å². The van der Waals surface area contributed by atoms with Gasteiger partial charge in [0.05, 0.1) is 0 Å². The number of nitrogens with zero attached hydrogens (tertiary/aromatic N) is 3. The summed E-state index contributed by atoms with van der Waals surface area (Å²) in [6, 6.07) is 13.4. The van der Waals surface area contributed by atoms with Crippen LogP contribution < -0.4 is 5.32 Å². The van der Waals surface area contributed by atoms with Crippen LogP contribution in [0.1, 0.15) is 28.9 Å². The van der Waals surface area contributed by atoms with Gasteiger partial charge in [0, 0.05) is 36.3 Å². The molecule has 1 amide bonds. The van der Waals surface area contributed by atoms with E-state index in [0.717, 1.165) is 30.5 Å². The van der Waals surface area contributed by atoms with Gasteiger partial charge in [0.25, 0.3) is 5.91 Å². The van der Waals surface area contributed by atoms with Crippen molar-refractivity contribution in [2.75, 3.05) is 5.32 Å². The number of hydrogen-bond donors (Lipinski definition) is 1. The van der Waals surface area contributed by atoms with E-state index in [9.17, 15) is 4.79 Å². The van der Waals surface area contributed by atoms with Gasteiger partial charge in [0.2, 0.25) is 0 Å². The lowest BCUT2D eigenvalue weighted by Crippen LogP contribution is -2.13. The SMILES string of the molecule is O=C(Nc1cc2n(n1)CCCC2)c1cccc(-c2ccncc2)c1. The molecule has 0 saturated heterocycles. The quantitative estimate of drug-likeness (QED) is 0.803. The van der Waals surface area contributed by atoms with Gasteiger partial charge in [-0.05, 0) is 54.7 Å². The van der Waals surface area contributed by atoms with Crippen molar-refractivity contribution in [1.82, 2.24) is 14.8 Å². The maximum atomic E-state index is 12.5. The van der Waals surface area contributed by atoms with Crippen LogP contribution in [0.5, 0.6) is 0 Å². The fraction of sp³-hybridized carbons (Fsp3) is 0.211. The summed E-state index contributed by atoms with van der Waals surface area (Å²) in [4.78, 5) is 16.6. The van der Waals surface area contributed by atoms with E-state index in [1.165, 1.54) is 12.1 Å². The molecule has 5 heteroatoms. The molecule has 5 nitrogen and oxygen atoms in total. The summed E-state index contributed by atoms with van der Waals surface area (Å²) in [6.07, 6.45) is 6.86. The topological polar surface area (TPSA) is 59.8 Å². The molecule has 0 fully saturated rings. The van der Waals surface area contributed by atoms with E-state index in [2.05, 4.69) is 15.4 Å². The molecular formula is C19H18N4O. The molecule has 2 aromatic heterocycles. The second-order valence-corrected chi connectivity index (χ2v) is 5.97. The average molecular weight is 318 g/mol. The predicted molar refractivity (Wildman–Crippen MR) is 92.8 cm³/mol. The van der Waals surface area contributed by atoms with Gasteiger partial charge in [-0.25, -0.2) is 0 Å². The van der Waals surface area contributed by atoms with E-state index in [4.69, 9.17) is 0 Å². The first-order valence-electron chi connectivity index (χ1n) is 8.18. The minimum absolute atomic E-state index is 0.138. The zero-order valence-electron chi connectivity index (χ0n) is 13.3. The fourth-order valence-corrected chi connectivity index (χ4v) is 3.05. The highest BCUT2D eigenvalue weighted by atomic mass is 16.1. The highest BCUT2D eigenvalue weighted by molar-refractivity contribution is 6.04. The lowest BCUT2D eigenvalue weighted by Gasteiger charge is -2.11. The molecule has 3 aromatic rings. The second kappa shape index (κ2) is 6.28. The predicted octanol–water partition coefficient (Wildman–Crippen LogP) is 3.53. The van der Waals surface area contributed by atoms with E-state index in [0.29, 0.717) is 11.4 Å². The van der Waals surface area contributed by atoms with E-state index >= 15 is 0 Å². The summed E-state index contributed by atoms with van der Waals surface area (Å²) in [5, 5.41) is 7.38. The van der Waals surface area contributed by atoms with Crippen LogP contribution in [0.25, 0.3) is 11.1 Å². The van der Waals surface area contributed by atoms with Crippen molar-refractivity contribution in [3.8, 4) is 11.1 Å². The Morgan fingerprint density at radius 2 is 1.92 bits per heavy atom. The summed E-state index contributed by atoms with van der Waals surface area (Å²) in [5.41, 5.74) is 3.85. The number of pyridine rings is 1. The van der Waals surface area contributed by atoms with Crippen molar-refractivity contribution in [2.45, 2.75) is 25.8 Å². The van der Waals surface area contributed by atoms with Gasteiger partial charge in [-0.15, -0.1) is 0 Å². The number of fused-ring (bicyclic) bond motifs is 1. The molecule has 0 radical (unpaired) electrons. The molecule has 120 valence electrons. The summed E-state index contributed by atoms with van der Waals surface area (Å²) in [6.45, 7) is 0.933. The Balaban J connectivity index is 1.55. The van der Waals surface area contributed by atoms with Crippen LogP contribution in [0.15, 0.2) is 54.9 Å². The first-order valence-corrected chi connectivity index (χ1v) is 8.18. The minimum Gasteiger partial charge on any atom is -0.305 e. The molecule has 1 aliphatic rings. The number of anilines is 1. The van der Waals surface area contributed by atoms with E-state index in [1.807, 2.05) is 47.1 Å². The Morgan fingerprint density at radius 1 is 1.04 bits per heavy atom. The molecule has 0 bridgehead atoms. The monoisotopic (exact) mass is 318 g/mol. The highest BCUT2D eigenvalue weighted by Gasteiger charge is 2.14. The number of aryl methyl sites for hydroxylation is 2. The van der Waals surface area contributed by atoms with E-state index in [-0.39, 0.29) is 5.91 Å². The second-order valence-electron chi connectivity index (χ2n) is 5.97. The number of carbonyl (C=O) groups is 1. The van der Waals surface area contributed by atoms with Gasteiger partial charge >= 0.3 is 0 Å². The number of rotatable bonds is 3. The minimum atomic E-state index is -0.138. The molecular weight excluding hydrogens is 300 g/mol. The molecule has 1 aromatic carbocycles. The van der Waals surface area contributed by atoms with Crippen molar-refractivity contribution in [3.63, 3.8) is 0 Å². The summed E-state index contributed by atoms with van der Waals surface area (Å²) in [5.74, 6) is 0.493. The molecule has 3 heterocycles. The Hall–Kier alpha value is -2.95. The van der Waals surface area contributed by atoms with E-state index < -0.39 is 0 Å². The first kappa shape index (κ1) is 14.6. The molecule has 4 rings (SSSR count). The van der Waals surface area contributed by atoms with Crippen LogP contribution in [0.4, 0.5) is 5.82 Å². The van der Waals surface area contributed by atoms with Crippen molar-refractivity contribution in [3.05, 3.63) is 66.1 Å². The third kappa shape index (κ3) is 2.93. The number of hydrogen-bond acceptors (Lipinski definition) is 3. The normalized spacial score (nSPS) is 13.3. The molecule has 0 aliphatic carbocycles. The Kier molecular flexibility index (Phi) is 3.83. The van der Waals surface area contributed by atoms with Crippen molar-refractivity contribution < 1.29 is 4.79 Å². The van der Waals surface area contributed by atoms with Crippen LogP contribution in [0.3, 0.4) is 0 Å². The summed E-state index contributed by atoms with van der Waals surface area (Å²) < 4.78 is 1.99. The van der Waals surface area contributed by atoms with Crippen LogP contribution in [-0.4, -0.2) is 20.7 Å². The Morgan fingerprint density at radius 3 is 2.75 bits per heavy atom. The zero-order valence-corrected chi connectivity index (χ0v) is 13.3. The van der Waals surface area contributed by atoms with Crippen LogP contribution in [0, 0.1) is 0 Å². The molecule has 1 aliphatic heterocycles. The fourth-order valence-electron chi connectivity index (χ4n) is 3.05. The van der Waals surface area contributed by atoms with Gasteiger partial charge in [-0.3, -0.25) is 14.5 Å². The van der Waals surface area contributed by atoms with Gasteiger partial charge < -0.3 is 5.32 Å². The molecule has 0 saturated carbocycles. The first-order chi connectivity index (χ1) is 11.8. The van der Waals surface area contributed by atoms with Gasteiger partial charge in [0.1, 0.15) is 0 Å². The van der Waals surface area contributed by atoms with Gasteiger partial charge in [-0.2, -0.15) is 5.10 Å². The maximum Gasteiger partial charge on any atom is 0.256 e. The summed E-state index contributed by atoms with van der Waals surface area (Å²) in [7, 11) is 0. The standard InChI is InChI=1S/C19H18N4O/c24-19(21-18-13-17-6-1-2-11-23(17)22-18)16-5-3-4-15(12-16)14-7-9-20-10-8-14/h3-5,7-10,12-13H,1-2,6,11H2,(H,21,22,24). The summed E-state index contributed by atoms with van der Waals surface area (Å²) >= 11 is 0. The average Bonchev–Trinajstić information content (AvgIpc) is 3.05. The molecule has 1 N–H and O–H groups in total. The number of aromatic nitrogens is 3. The van der Waals surface area contributed by atoms with Gasteiger partial charge in [-0.1, -0.05) is 12.1 Å². The maximum absolute atomic E-state index is 12.5. The van der Waals surface area contributed by atoms with Crippen LogP contribution in [-0.2, 0) is 13.0 Å². The van der Waals surface area contributed by atoms with Crippen LogP contribution >= 0.6 is 0 Å². The number of amides is 1. The van der Waals surface area contributed by atoms with Crippen molar-refractivity contribution in [2.24, 2.45) is 0 Å². The van der Waals surface area contributed by atoms with Crippen molar-refractivity contribution in [1.29, 1.82) is 0 Å². The molecule has 0 unspecified atom stereocenters. The number of benzene rings is 1. The molecule has 0 spiro atoms. The number of nitrogens with one attached hydrogen (secondary N) is 1. The smallest absolute Gasteiger partial charge is 0.256 e. The molecule has 24 heavy (non-hydrogen) atoms. The lowest BCUT2D eigenvalue weighted by molar-refractivity contribution is 0.102. The Labute approximate surface area is 140 Å². The van der Waals surface area contributed by atoms with Crippen molar-refractivity contribution >= 4 is 11.7 Å².